The van der Waals surface area contributed by atoms with Crippen LogP contribution in [0, 0.1) is 5.92 Å². The van der Waals surface area contributed by atoms with E-state index < -0.39 is 0 Å². The molecule has 0 aromatic heterocycles. The second-order valence-electron chi connectivity index (χ2n) is 6.40. The van der Waals surface area contributed by atoms with Crippen LogP contribution in [0.1, 0.15) is 30.1 Å². The number of hydrogen-bond acceptors (Lipinski definition) is 4. The summed E-state index contributed by atoms with van der Waals surface area (Å²) in [5.74, 6) is -0.757. The maximum atomic E-state index is 12.9. The summed E-state index contributed by atoms with van der Waals surface area (Å²) in [5.41, 5.74) is 0.690. The van der Waals surface area contributed by atoms with Gasteiger partial charge in [-0.25, -0.2) is 0 Å². The molecule has 0 saturated carbocycles. The van der Waals surface area contributed by atoms with Gasteiger partial charge in [0.05, 0.1) is 5.92 Å². The number of carbonyl (C=O) groups is 3. The molecule has 0 spiro atoms. The van der Waals surface area contributed by atoms with Gasteiger partial charge in [0.1, 0.15) is 6.61 Å². The third kappa shape index (κ3) is 3.87. The van der Waals surface area contributed by atoms with Gasteiger partial charge in [0.2, 0.25) is 0 Å². The maximum Gasteiger partial charge on any atom is 0.309 e. The van der Waals surface area contributed by atoms with E-state index in [-0.39, 0.29) is 30.2 Å². The van der Waals surface area contributed by atoms with E-state index >= 15 is 0 Å². The number of ketones is 1. The number of rotatable bonds is 4. The minimum atomic E-state index is -0.340. The van der Waals surface area contributed by atoms with Crippen LogP contribution in [-0.2, 0) is 14.3 Å². The second kappa shape index (κ2) is 7.47. The Morgan fingerprint density at radius 3 is 2.44 bits per heavy atom. The van der Waals surface area contributed by atoms with Gasteiger partial charge >= 0.3 is 5.97 Å². The lowest BCUT2D eigenvalue weighted by molar-refractivity contribution is -0.153. The second-order valence-corrected chi connectivity index (χ2v) is 6.40. The standard InChI is InChI=1S/C20H21NO4/c1-14(22)13-25-20(24)16-9-11-21(12-10-16)19(23)18-8-4-6-15-5-2-3-7-17(15)18/h2-8,16H,9-13H2,1H3. The first-order valence-electron chi connectivity index (χ1n) is 8.49. The number of likely N-dealkylation sites (tertiary alicyclic amines) is 1. The molecule has 1 saturated heterocycles. The number of benzene rings is 2. The molecule has 1 amide bonds. The number of fused-ring (bicyclic) bond motifs is 1. The largest absolute Gasteiger partial charge is 0.457 e. The molecule has 1 fully saturated rings. The fraction of sp³-hybridized carbons (Fsp3) is 0.350. The van der Waals surface area contributed by atoms with Gasteiger partial charge < -0.3 is 9.64 Å². The van der Waals surface area contributed by atoms with Gasteiger partial charge in [0.25, 0.3) is 5.91 Å². The van der Waals surface area contributed by atoms with Gasteiger partial charge in [0, 0.05) is 18.7 Å². The van der Waals surface area contributed by atoms with Gasteiger partial charge in [0.15, 0.2) is 5.78 Å². The summed E-state index contributed by atoms with van der Waals surface area (Å²) in [7, 11) is 0. The minimum absolute atomic E-state index is 0.00708. The van der Waals surface area contributed by atoms with Crippen molar-refractivity contribution >= 4 is 28.4 Å². The molecule has 5 heteroatoms. The Kier molecular flexibility index (Phi) is 5.12. The number of esters is 1. The summed E-state index contributed by atoms with van der Waals surface area (Å²) in [6, 6.07) is 13.5. The number of piperidine rings is 1. The fourth-order valence-corrected chi connectivity index (χ4v) is 3.19. The zero-order valence-electron chi connectivity index (χ0n) is 14.2. The Labute approximate surface area is 146 Å². The van der Waals surface area contributed by atoms with E-state index in [4.69, 9.17) is 4.74 Å². The van der Waals surface area contributed by atoms with Gasteiger partial charge in [-0.2, -0.15) is 0 Å². The van der Waals surface area contributed by atoms with Crippen molar-refractivity contribution in [3.8, 4) is 0 Å². The average molecular weight is 339 g/mol. The van der Waals surface area contributed by atoms with Crippen molar-refractivity contribution in [1.29, 1.82) is 0 Å². The molecule has 130 valence electrons. The van der Waals surface area contributed by atoms with Crippen LogP contribution < -0.4 is 0 Å². The van der Waals surface area contributed by atoms with Crippen LogP contribution in [0.15, 0.2) is 42.5 Å². The molecule has 3 rings (SSSR count). The Morgan fingerprint density at radius 2 is 1.72 bits per heavy atom. The highest BCUT2D eigenvalue weighted by atomic mass is 16.5. The van der Waals surface area contributed by atoms with E-state index in [1.807, 2.05) is 42.5 Å². The molecule has 0 aliphatic carbocycles. The summed E-state index contributed by atoms with van der Waals surface area (Å²) >= 11 is 0. The van der Waals surface area contributed by atoms with Crippen molar-refractivity contribution in [2.75, 3.05) is 19.7 Å². The van der Waals surface area contributed by atoms with E-state index in [1.54, 1.807) is 4.90 Å². The molecular weight excluding hydrogens is 318 g/mol. The number of ether oxygens (including phenoxy) is 1. The van der Waals surface area contributed by atoms with Crippen molar-refractivity contribution in [1.82, 2.24) is 4.90 Å². The number of Topliss-reactive ketones (excluding diaryl/α,β-unsaturated/α-hetero) is 1. The molecule has 25 heavy (non-hydrogen) atoms. The number of carbonyl (C=O) groups excluding carboxylic acids is 3. The van der Waals surface area contributed by atoms with Gasteiger partial charge in [-0.05, 0) is 36.6 Å². The molecule has 1 aliphatic heterocycles. The summed E-state index contributed by atoms with van der Waals surface area (Å²) in [4.78, 5) is 37.5. The predicted octanol–water partition coefficient (Wildman–Crippen LogP) is 2.82. The first-order valence-corrected chi connectivity index (χ1v) is 8.49. The maximum absolute atomic E-state index is 12.9. The molecule has 0 bridgehead atoms. The fourth-order valence-electron chi connectivity index (χ4n) is 3.19. The van der Waals surface area contributed by atoms with Crippen LogP contribution in [-0.4, -0.2) is 42.3 Å². The molecule has 0 atom stereocenters. The van der Waals surface area contributed by atoms with Crippen LogP contribution in [0.3, 0.4) is 0 Å². The SMILES string of the molecule is CC(=O)COC(=O)C1CCN(C(=O)c2cccc3ccccc23)CC1. The monoisotopic (exact) mass is 339 g/mol. The summed E-state index contributed by atoms with van der Waals surface area (Å²) < 4.78 is 4.99. The highest BCUT2D eigenvalue weighted by molar-refractivity contribution is 6.07. The summed E-state index contributed by atoms with van der Waals surface area (Å²) in [6.07, 6.45) is 1.13. The third-order valence-electron chi connectivity index (χ3n) is 4.55. The molecule has 1 heterocycles. The predicted molar refractivity (Wildman–Crippen MR) is 94.2 cm³/mol. The molecule has 2 aromatic carbocycles. The summed E-state index contributed by atoms with van der Waals surface area (Å²) in [6.45, 7) is 2.25. The molecule has 5 nitrogen and oxygen atoms in total. The Balaban J connectivity index is 1.65. The van der Waals surface area contributed by atoms with Crippen LogP contribution >= 0.6 is 0 Å². The normalized spacial score (nSPS) is 15.2. The highest BCUT2D eigenvalue weighted by Crippen LogP contribution is 2.24. The highest BCUT2D eigenvalue weighted by Gasteiger charge is 2.29. The minimum Gasteiger partial charge on any atom is -0.457 e. The topological polar surface area (TPSA) is 63.7 Å². The van der Waals surface area contributed by atoms with E-state index in [0.29, 0.717) is 31.5 Å². The van der Waals surface area contributed by atoms with Gasteiger partial charge in [-0.15, -0.1) is 0 Å². The Morgan fingerprint density at radius 1 is 1.04 bits per heavy atom. The molecule has 0 radical (unpaired) electrons. The van der Waals surface area contributed by atoms with E-state index in [0.717, 1.165) is 10.8 Å². The lowest BCUT2D eigenvalue weighted by atomic mass is 9.95. The van der Waals surface area contributed by atoms with Crippen LogP contribution in [0.5, 0.6) is 0 Å². The number of hydrogen-bond donors (Lipinski definition) is 0. The van der Waals surface area contributed by atoms with Crippen molar-refractivity contribution in [2.24, 2.45) is 5.92 Å². The first kappa shape index (κ1) is 17.1. The zero-order valence-corrected chi connectivity index (χ0v) is 14.2. The molecule has 2 aromatic rings. The smallest absolute Gasteiger partial charge is 0.309 e. The lowest BCUT2D eigenvalue weighted by Crippen LogP contribution is -2.40. The molecular formula is C20H21NO4. The number of nitrogens with zero attached hydrogens (tertiary/aromatic N) is 1. The van der Waals surface area contributed by atoms with E-state index in [2.05, 4.69) is 0 Å². The van der Waals surface area contributed by atoms with Gasteiger partial charge in [-0.1, -0.05) is 36.4 Å². The third-order valence-corrected chi connectivity index (χ3v) is 4.55. The zero-order chi connectivity index (χ0) is 17.8. The van der Waals surface area contributed by atoms with Crippen molar-refractivity contribution in [3.63, 3.8) is 0 Å². The van der Waals surface area contributed by atoms with Crippen LogP contribution in [0.2, 0.25) is 0 Å². The Hall–Kier alpha value is -2.69. The van der Waals surface area contributed by atoms with Crippen molar-refractivity contribution in [2.45, 2.75) is 19.8 Å². The van der Waals surface area contributed by atoms with Crippen LogP contribution in [0.4, 0.5) is 0 Å². The molecule has 1 aliphatic rings. The first-order chi connectivity index (χ1) is 12.1. The lowest BCUT2D eigenvalue weighted by Gasteiger charge is -2.31. The van der Waals surface area contributed by atoms with Crippen molar-refractivity contribution < 1.29 is 19.1 Å². The average Bonchev–Trinajstić information content (AvgIpc) is 2.65. The van der Waals surface area contributed by atoms with Crippen molar-refractivity contribution in [3.05, 3.63) is 48.0 Å². The van der Waals surface area contributed by atoms with Crippen LogP contribution in [0.25, 0.3) is 10.8 Å². The Bertz CT molecular complexity index is 801. The summed E-state index contributed by atoms with van der Waals surface area (Å²) in [5, 5.41) is 1.98. The molecule has 0 N–H and O–H groups in total. The number of amides is 1. The van der Waals surface area contributed by atoms with E-state index in [1.165, 1.54) is 6.92 Å². The quantitative estimate of drug-likeness (QED) is 0.804. The molecule has 0 unspecified atom stereocenters. The van der Waals surface area contributed by atoms with Gasteiger partial charge in [-0.3, -0.25) is 14.4 Å². The van der Waals surface area contributed by atoms with E-state index in [9.17, 15) is 14.4 Å².